The maximum absolute atomic E-state index is 13.1. The summed E-state index contributed by atoms with van der Waals surface area (Å²) < 4.78 is 13.1. The Labute approximate surface area is 192 Å². The highest BCUT2D eigenvalue weighted by atomic mass is 35.5. The van der Waals surface area contributed by atoms with E-state index < -0.39 is 0 Å². The molecule has 0 saturated carbocycles. The van der Waals surface area contributed by atoms with Gasteiger partial charge in [0, 0.05) is 22.8 Å². The number of anilines is 1. The Kier molecular flexibility index (Phi) is 6.77. The van der Waals surface area contributed by atoms with Crippen LogP contribution < -0.4 is 10.2 Å². The van der Waals surface area contributed by atoms with Crippen molar-refractivity contribution >= 4 is 23.2 Å². The van der Waals surface area contributed by atoms with Crippen LogP contribution in [0.1, 0.15) is 52.5 Å². The molecule has 0 aliphatic carbocycles. The van der Waals surface area contributed by atoms with Crippen LogP contribution in [0.3, 0.4) is 0 Å². The summed E-state index contributed by atoms with van der Waals surface area (Å²) in [6, 6.07) is 19.0. The summed E-state index contributed by atoms with van der Waals surface area (Å²) in [4.78, 5) is 14.7. The van der Waals surface area contributed by atoms with Crippen molar-refractivity contribution in [3.63, 3.8) is 0 Å². The Bertz CT molecular complexity index is 1100. The van der Waals surface area contributed by atoms with E-state index in [1.54, 1.807) is 0 Å². The molecule has 2 N–H and O–H groups in total. The van der Waals surface area contributed by atoms with Gasteiger partial charge < -0.3 is 15.3 Å². The molecule has 2 atom stereocenters. The van der Waals surface area contributed by atoms with Gasteiger partial charge in [0.25, 0.3) is 5.91 Å². The molecule has 0 aromatic heterocycles. The zero-order valence-electron chi connectivity index (χ0n) is 17.9. The standard InChI is InChI=1S/C26H26ClFN2O2/c1-17(29-26(32)18-7-10-23(28)11-8-18)19-9-12-24-20(14-19)5-3-13-30(24)25(16-31)21-4-2-6-22(27)15-21/h2,4,6-12,14-15,17,25,31H,3,5,13,16H2,1H3,(H,29,32). The predicted octanol–water partition coefficient (Wildman–Crippen LogP) is 5.46. The third-order valence-corrected chi connectivity index (χ3v) is 6.23. The van der Waals surface area contributed by atoms with E-state index in [0.29, 0.717) is 10.6 Å². The van der Waals surface area contributed by atoms with Gasteiger partial charge in [0.1, 0.15) is 5.82 Å². The molecule has 1 aliphatic heterocycles. The van der Waals surface area contributed by atoms with E-state index in [2.05, 4.69) is 22.3 Å². The minimum atomic E-state index is -0.368. The average molecular weight is 453 g/mol. The molecule has 1 amide bonds. The first-order valence-electron chi connectivity index (χ1n) is 10.8. The van der Waals surface area contributed by atoms with Gasteiger partial charge in [-0.3, -0.25) is 4.79 Å². The largest absolute Gasteiger partial charge is 0.394 e. The number of rotatable bonds is 6. The summed E-state index contributed by atoms with van der Waals surface area (Å²) in [7, 11) is 0. The monoisotopic (exact) mass is 452 g/mol. The van der Waals surface area contributed by atoms with Gasteiger partial charge in [0.2, 0.25) is 0 Å². The number of nitrogens with zero attached hydrogens (tertiary/aromatic N) is 1. The lowest BCUT2D eigenvalue weighted by atomic mass is 9.94. The number of nitrogens with one attached hydrogen (secondary N) is 1. The number of hydrogen-bond acceptors (Lipinski definition) is 3. The molecule has 2 unspecified atom stereocenters. The topological polar surface area (TPSA) is 52.6 Å². The highest BCUT2D eigenvalue weighted by Gasteiger charge is 2.26. The number of hydrogen-bond donors (Lipinski definition) is 2. The fourth-order valence-corrected chi connectivity index (χ4v) is 4.50. The van der Waals surface area contributed by atoms with Crippen molar-refractivity contribution in [3.8, 4) is 0 Å². The maximum atomic E-state index is 13.1. The van der Waals surface area contributed by atoms with Crippen LogP contribution in [0.15, 0.2) is 66.7 Å². The number of halogens is 2. The van der Waals surface area contributed by atoms with Crippen LogP contribution in [-0.4, -0.2) is 24.2 Å². The van der Waals surface area contributed by atoms with E-state index in [0.717, 1.165) is 36.2 Å². The van der Waals surface area contributed by atoms with Gasteiger partial charge in [-0.05, 0) is 78.9 Å². The molecule has 1 aliphatic rings. The van der Waals surface area contributed by atoms with Crippen molar-refractivity contribution in [2.45, 2.75) is 31.8 Å². The second-order valence-corrected chi connectivity index (χ2v) is 8.58. The lowest BCUT2D eigenvalue weighted by molar-refractivity contribution is 0.0940. The zero-order valence-corrected chi connectivity index (χ0v) is 18.6. The summed E-state index contributed by atoms with van der Waals surface area (Å²) in [6.45, 7) is 2.78. The number of carbonyl (C=O) groups excluding carboxylic acids is 1. The van der Waals surface area contributed by atoms with Crippen LogP contribution in [0.5, 0.6) is 0 Å². The van der Waals surface area contributed by atoms with Crippen molar-refractivity contribution in [1.82, 2.24) is 5.32 Å². The molecule has 0 fully saturated rings. The lowest BCUT2D eigenvalue weighted by Gasteiger charge is -2.38. The van der Waals surface area contributed by atoms with Gasteiger partial charge in [-0.2, -0.15) is 0 Å². The highest BCUT2D eigenvalue weighted by molar-refractivity contribution is 6.30. The molecule has 6 heteroatoms. The predicted molar refractivity (Wildman–Crippen MR) is 126 cm³/mol. The van der Waals surface area contributed by atoms with Gasteiger partial charge in [-0.15, -0.1) is 0 Å². The Hall–Kier alpha value is -2.89. The third kappa shape index (κ3) is 4.79. The number of fused-ring (bicyclic) bond motifs is 1. The van der Waals surface area contributed by atoms with E-state index in [1.807, 2.05) is 37.3 Å². The third-order valence-electron chi connectivity index (χ3n) is 5.99. The first kappa shape index (κ1) is 22.3. The normalized spacial score (nSPS) is 15.1. The van der Waals surface area contributed by atoms with Crippen LogP contribution in [0.2, 0.25) is 5.02 Å². The lowest BCUT2D eigenvalue weighted by Crippen LogP contribution is -2.35. The fourth-order valence-electron chi connectivity index (χ4n) is 4.30. The molecule has 3 aromatic rings. The van der Waals surface area contributed by atoms with Crippen LogP contribution in [0.4, 0.5) is 10.1 Å². The van der Waals surface area contributed by atoms with Crippen LogP contribution in [-0.2, 0) is 6.42 Å². The van der Waals surface area contributed by atoms with E-state index in [1.165, 1.54) is 29.8 Å². The number of amides is 1. The molecule has 3 aromatic carbocycles. The molecular formula is C26H26ClFN2O2. The van der Waals surface area contributed by atoms with Crippen molar-refractivity contribution < 1.29 is 14.3 Å². The minimum Gasteiger partial charge on any atom is -0.394 e. The number of aryl methyl sites for hydroxylation is 1. The molecule has 4 rings (SSSR count). The van der Waals surface area contributed by atoms with Gasteiger partial charge in [0.05, 0.1) is 18.7 Å². The van der Waals surface area contributed by atoms with Crippen molar-refractivity contribution in [2.75, 3.05) is 18.1 Å². The minimum absolute atomic E-state index is 0.00827. The van der Waals surface area contributed by atoms with E-state index in [4.69, 9.17) is 11.6 Å². The molecule has 4 nitrogen and oxygen atoms in total. The Morgan fingerprint density at radius 1 is 1.12 bits per heavy atom. The van der Waals surface area contributed by atoms with Gasteiger partial charge in [0.15, 0.2) is 0 Å². The van der Waals surface area contributed by atoms with E-state index >= 15 is 0 Å². The molecule has 0 spiro atoms. The zero-order chi connectivity index (χ0) is 22.7. The maximum Gasteiger partial charge on any atom is 0.251 e. The molecule has 0 saturated heterocycles. The number of carbonyl (C=O) groups is 1. The summed E-state index contributed by atoms with van der Waals surface area (Å²) in [6.07, 6.45) is 1.91. The highest BCUT2D eigenvalue weighted by Crippen LogP contribution is 2.36. The van der Waals surface area contributed by atoms with Gasteiger partial charge in [-0.1, -0.05) is 35.9 Å². The Balaban J connectivity index is 1.54. The van der Waals surface area contributed by atoms with Crippen LogP contribution in [0, 0.1) is 5.82 Å². The van der Waals surface area contributed by atoms with Crippen molar-refractivity contribution in [1.29, 1.82) is 0 Å². The summed E-state index contributed by atoms with van der Waals surface area (Å²) >= 11 is 6.18. The smallest absolute Gasteiger partial charge is 0.251 e. The second-order valence-electron chi connectivity index (χ2n) is 8.14. The molecular weight excluding hydrogens is 427 g/mol. The van der Waals surface area contributed by atoms with Gasteiger partial charge in [-0.25, -0.2) is 4.39 Å². The summed E-state index contributed by atoms with van der Waals surface area (Å²) in [5, 5.41) is 13.8. The molecule has 1 heterocycles. The van der Waals surface area contributed by atoms with E-state index in [9.17, 15) is 14.3 Å². The number of benzene rings is 3. The van der Waals surface area contributed by atoms with E-state index in [-0.39, 0.29) is 30.4 Å². The molecule has 0 bridgehead atoms. The van der Waals surface area contributed by atoms with Crippen LogP contribution in [0.25, 0.3) is 0 Å². The summed E-state index contributed by atoms with van der Waals surface area (Å²) in [5.74, 6) is -0.606. The van der Waals surface area contributed by atoms with Crippen molar-refractivity contribution in [2.24, 2.45) is 0 Å². The Morgan fingerprint density at radius 2 is 1.91 bits per heavy atom. The Morgan fingerprint density at radius 3 is 2.62 bits per heavy atom. The quantitative estimate of drug-likeness (QED) is 0.522. The summed E-state index contributed by atoms with van der Waals surface area (Å²) in [5.41, 5.74) is 4.70. The molecule has 166 valence electrons. The van der Waals surface area contributed by atoms with Crippen LogP contribution >= 0.6 is 11.6 Å². The fraction of sp³-hybridized carbons (Fsp3) is 0.269. The molecule has 32 heavy (non-hydrogen) atoms. The average Bonchev–Trinajstić information content (AvgIpc) is 2.80. The molecule has 0 radical (unpaired) electrons. The SMILES string of the molecule is CC(NC(=O)c1ccc(F)cc1)c1ccc2c(c1)CCCN2C(CO)c1cccc(Cl)c1. The number of aliphatic hydroxyl groups excluding tert-OH is 1. The second kappa shape index (κ2) is 9.72. The van der Waals surface area contributed by atoms with Crippen molar-refractivity contribution in [3.05, 3.63) is 99.8 Å². The first-order valence-corrected chi connectivity index (χ1v) is 11.2. The first-order chi connectivity index (χ1) is 15.5. The van der Waals surface area contributed by atoms with Gasteiger partial charge >= 0.3 is 0 Å². The number of aliphatic hydroxyl groups is 1.